The number of oxazole rings is 1. The van der Waals surface area contributed by atoms with Gasteiger partial charge in [-0.15, -0.1) is 0 Å². The number of aromatic nitrogens is 3. The van der Waals surface area contributed by atoms with Gasteiger partial charge in [-0.05, 0) is 62.1 Å². The largest absolute Gasteiger partial charge is 0.436 e. The Morgan fingerprint density at radius 3 is 2.70 bits per heavy atom. The van der Waals surface area contributed by atoms with Crippen LogP contribution in [0.4, 0.5) is 0 Å². The van der Waals surface area contributed by atoms with Gasteiger partial charge in [-0.25, -0.2) is 4.98 Å². The number of hydrogen-bond donors (Lipinski definition) is 1. The van der Waals surface area contributed by atoms with E-state index in [0.717, 1.165) is 47.2 Å². The average Bonchev–Trinajstić information content (AvgIpc) is 3.52. The Balaban J connectivity index is 1.37. The number of carbonyl (C=O) groups is 1. The fourth-order valence-electron chi connectivity index (χ4n) is 4.35. The van der Waals surface area contributed by atoms with Gasteiger partial charge in [-0.2, -0.15) is 5.10 Å². The number of para-hydroxylation sites is 2. The molecule has 0 saturated heterocycles. The number of nitrogens with zero attached hydrogens (tertiary/aromatic N) is 3. The second kappa shape index (κ2) is 7.78. The van der Waals surface area contributed by atoms with Crippen LogP contribution in [-0.4, -0.2) is 27.2 Å². The number of hydrogen-bond acceptors (Lipinski definition) is 4. The van der Waals surface area contributed by atoms with Gasteiger partial charge in [0.05, 0.1) is 11.7 Å². The molecule has 6 nitrogen and oxygen atoms in total. The number of nitrogens with one attached hydrogen (secondary N) is 1. The second-order valence-corrected chi connectivity index (χ2v) is 7.78. The predicted molar refractivity (Wildman–Crippen MR) is 116 cm³/mol. The molecule has 2 heterocycles. The van der Waals surface area contributed by atoms with Gasteiger partial charge in [0.1, 0.15) is 5.52 Å². The highest BCUT2D eigenvalue weighted by atomic mass is 16.3. The zero-order chi connectivity index (χ0) is 20.5. The normalized spacial score (nSPS) is 18.7. The summed E-state index contributed by atoms with van der Waals surface area (Å²) in [4.78, 5) is 16.8. The first kappa shape index (κ1) is 18.6. The lowest BCUT2D eigenvalue weighted by Gasteiger charge is -2.15. The highest BCUT2D eigenvalue weighted by Gasteiger charge is 2.32. The van der Waals surface area contributed by atoms with Gasteiger partial charge >= 0.3 is 0 Å². The highest BCUT2D eigenvalue weighted by molar-refractivity contribution is 5.79. The molecule has 6 heteroatoms. The van der Waals surface area contributed by atoms with E-state index in [9.17, 15) is 4.79 Å². The number of carbonyl (C=O) groups excluding carboxylic acids is 1. The molecule has 0 spiro atoms. The Bertz CT molecular complexity index is 1140. The summed E-state index contributed by atoms with van der Waals surface area (Å²) >= 11 is 0. The van der Waals surface area contributed by atoms with Gasteiger partial charge in [0.25, 0.3) is 0 Å². The SMILES string of the molecule is CCNC(=O)C1CCC(n2nccc2-c2ccc(-c3nc4ccccc4o3)cc2)C1. The summed E-state index contributed by atoms with van der Waals surface area (Å²) in [6.07, 6.45) is 4.55. The summed E-state index contributed by atoms with van der Waals surface area (Å²) in [5, 5.41) is 7.53. The van der Waals surface area contributed by atoms with Crippen LogP contribution in [0.5, 0.6) is 0 Å². The van der Waals surface area contributed by atoms with Crippen molar-refractivity contribution < 1.29 is 9.21 Å². The molecule has 2 aromatic heterocycles. The topological polar surface area (TPSA) is 73.0 Å². The fourth-order valence-corrected chi connectivity index (χ4v) is 4.35. The molecule has 4 aromatic rings. The lowest BCUT2D eigenvalue weighted by atomic mass is 10.1. The van der Waals surface area contributed by atoms with Crippen molar-refractivity contribution in [3.63, 3.8) is 0 Å². The Hall–Kier alpha value is -3.41. The third kappa shape index (κ3) is 3.38. The standard InChI is InChI=1S/C24H24N4O2/c1-2-25-23(29)18-11-12-19(15-18)28-21(13-14-26-28)16-7-9-17(10-8-16)24-27-20-5-3-4-6-22(20)30-24/h3-10,13-14,18-19H,2,11-12,15H2,1H3,(H,25,29). The quantitative estimate of drug-likeness (QED) is 0.520. The first-order valence-electron chi connectivity index (χ1n) is 10.5. The summed E-state index contributed by atoms with van der Waals surface area (Å²) in [6, 6.07) is 18.3. The first-order valence-corrected chi connectivity index (χ1v) is 10.5. The van der Waals surface area contributed by atoms with Crippen molar-refractivity contribution in [2.24, 2.45) is 5.92 Å². The van der Waals surface area contributed by atoms with E-state index < -0.39 is 0 Å². The fraction of sp³-hybridized carbons (Fsp3) is 0.292. The maximum absolute atomic E-state index is 12.2. The molecule has 2 unspecified atom stereocenters. The van der Waals surface area contributed by atoms with E-state index in [0.29, 0.717) is 12.4 Å². The van der Waals surface area contributed by atoms with Crippen molar-refractivity contribution in [3.8, 4) is 22.7 Å². The summed E-state index contributed by atoms with van der Waals surface area (Å²) in [6.45, 7) is 2.64. The predicted octanol–water partition coefficient (Wildman–Crippen LogP) is 4.84. The molecular formula is C24H24N4O2. The van der Waals surface area contributed by atoms with Crippen molar-refractivity contribution in [2.75, 3.05) is 6.54 Å². The van der Waals surface area contributed by atoms with E-state index in [1.807, 2.05) is 55.6 Å². The molecule has 0 aliphatic heterocycles. The number of amides is 1. The molecule has 5 rings (SSSR count). The number of benzene rings is 2. The Morgan fingerprint density at radius 2 is 1.90 bits per heavy atom. The monoisotopic (exact) mass is 400 g/mol. The van der Waals surface area contributed by atoms with Crippen LogP contribution < -0.4 is 5.32 Å². The van der Waals surface area contributed by atoms with E-state index in [2.05, 4.69) is 32.2 Å². The molecular weight excluding hydrogens is 376 g/mol. The van der Waals surface area contributed by atoms with E-state index in [1.54, 1.807) is 0 Å². The third-order valence-corrected chi connectivity index (χ3v) is 5.86. The molecule has 2 atom stereocenters. The average molecular weight is 400 g/mol. The zero-order valence-electron chi connectivity index (χ0n) is 16.9. The number of rotatable bonds is 5. The molecule has 0 radical (unpaired) electrons. The molecule has 1 N–H and O–H groups in total. The highest BCUT2D eigenvalue weighted by Crippen LogP contribution is 2.37. The van der Waals surface area contributed by atoms with Crippen LogP contribution in [0.25, 0.3) is 33.8 Å². The van der Waals surface area contributed by atoms with Crippen LogP contribution in [0.2, 0.25) is 0 Å². The maximum Gasteiger partial charge on any atom is 0.227 e. The maximum atomic E-state index is 12.2. The Kier molecular flexibility index (Phi) is 4.83. The van der Waals surface area contributed by atoms with Crippen LogP contribution in [0.1, 0.15) is 32.2 Å². The molecule has 1 aliphatic carbocycles. The molecule has 1 amide bonds. The van der Waals surface area contributed by atoms with E-state index >= 15 is 0 Å². The van der Waals surface area contributed by atoms with Crippen LogP contribution in [0.15, 0.2) is 65.2 Å². The van der Waals surface area contributed by atoms with Gasteiger partial charge in [0.15, 0.2) is 5.58 Å². The van der Waals surface area contributed by atoms with Gasteiger partial charge in [0.2, 0.25) is 11.8 Å². The van der Waals surface area contributed by atoms with Gasteiger partial charge in [-0.1, -0.05) is 24.3 Å². The van der Waals surface area contributed by atoms with Crippen LogP contribution in [-0.2, 0) is 4.79 Å². The van der Waals surface area contributed by atoms with Gasteiger partial charge in [0, 0.05) is 24.2 Å². The Morgan fingerprint density at radius 1 is 1.10 bits per heavy atom. The summed E-state index contributed by atoms with van der Waals surface area (Å²) in [7, 11) is 0. The molecule has 1 fully saturated rings. The molecule has 30 heavy (non-hydrogen) atoms. The minimum atomic E-state index is 0.0773. The molecule has 2 aromatic carbocycles. The van der Waals surface area contributed by atoms with Gasteiger partial charge < -0.3 is 9.73 Å². The lowest BCUT2D eigenvalue weighted by Crippen LogP contribution is -2.29. The molecule has 1 aliphatic rings. The summed E-state index contributed by atoms with van der Waals surface area (Å²) in [5.41, 5.74) is 4.75. The van der Waals surface area contributed by atoms with E-state index in [4.69, 9.17) is 4.42 Å². The number of fused-ring (bicyclic) bond motifs is 1. The van der Waals surface area contributed by atoms with E-state index in [-0.39, 0.29) is 17.9 Å². The van der Waals surface area contributed by atoms with Gasteiger partial charge in [-0.3, -0.25) is 9.48 Å². The first-order chi connectivity index (χ1) is 14.7. The van der Waals surface area contributed by atoms with Crippen LogP contribution >= 0.6 is 0 Å². The Labute approximate surface area is 174 Å². The molecule has 1 saturated carbocycles. The van der Waals surface area contributed by atoms with Crippen molar-refractivity contribution in [3.05, 3.63) is 60.8 Å². The van der Waals surface area contributed by atoms with Crippen molar-refractivity contribution >= 4 is 17.0 Å². The van der Waals surface area contributed by atoms with Crippen molar-refractivity contribution in [1.82, 2.24) is 20.1 Å². The minimum Gasteiger partial charge on any atom is -0.436 e. The lowest BCUT2D eigenvalue weighted by molar-refractivity contribution is -0.124. The minimum absolute atomic E-state index is 0.0773. The van der Waals surface area contributed by atoms with Crippen molar-refractivity contribution in [2.45, 2.75) is 32.2 Å². The van der Waals surface area contributed by atoms with Crippen LogP contribution in [0.3, 0.4) is 0 Å². The van der Waals surface area contributed by atoms with Crippen molar-refractivity contribution in [1.29, 1.82) is 0 Å². The van der Waals surface area contributed by atoms with E-state index in [1.165, 1.54) is 0 Å². The summed E-state index contributed by atoms with van der Waals surface area (Å²) in [5.74, 6) is 0.863. The third-order valence-electron chi connectivity index (χ3n) is 5.86. The smallest absolute Gasteiger partial charge is 0.227 e. The summed E-state index contributed by atoms with van der Waals surface area (Å²) < 4.78 is 7.95. The molecule has 0 bridgehead atoms. The second-order valence-electron chi connectivity index (χ2n) is 7.78. The molecule has 152 valence electrons. The zero-order valence-corrected chi connectivity index (χ0v) is 16.9. The van der Waals surface area contributed by atoms with Crippen LogP contribution in [0, 0.1) is 5.92 Å².